The SMILES string of the molecule is CCC1OC(c2cccc(OC)c2)=NC1CO[C@H]1CCC[C@@H](COC(C)(C)C(=O)OC(C)(C)C)C1. The van der Waals surface area contributed by atoms with Gasteiger partial charge in [-0.25, -0.2) is 9.79 Å². The predicted molar refractivity (Wildman–Crippen MR) is 136 cm³/mol. The topological polar surface area (TPSA) is 75.6 Å². The second-order valence-corrected chi connectivity index (χ2v) is 11.1. The lowest BCUT2D eigenvalue weighted by molar-refractivity contribution is -0.181. The van der Waals surface area contributed by atoms with Crippen LogP contribution < -0.4 is 4.74 Å². The van der Waals surface area contributed by atoms with Crippen molar-refractivity contribution in [1.82, 2.24) is 0 Å². The highest BCUT2D eigenvalue weighted by molar-refractivity contribution is 5.95. The van der Waals surface area contributed by atoms with Crippen molar-refractivity contribution in [3.63, 3.8) is 0 Å². The summed E-state index contributed by atoms with van der Waals surface area (Å²) in [5, 5.41) is 0. The number of hydrogen-bond acceptors (Lipinski definition) is 7. The number of ether oxygens (including phenoxy) is 5. The second-order valence-electron chi connectivity index (χ2n) is 11.1. The Morgan fingerprint density at radius 3 is 2.60 bits per heavy atom. The normalized spacial score (nSPS) is 25.1. The molecule has 0 spiro atoms. The van der Waals surface area contributed by atoms with Crippen LogP contribution in [0.1, 0.15) is 79.2 Å². The Hall–Kier alpha value is -2.12. The minimum atomic E-state index is -0.970. The molecular formula is C28H43NO6. The Bertz CT molecular complexity index is 874. The zero-order valence-electron chi connectivity index (χ0n) is 22.5. The Morgan fingerprint density at radius 1 is 1.14 bits per heavy atom. The van der Waals surface area contributed by atoms with Crippen LogP contribution in [0.3, 0.4) is 0 Å². The summed E-state index contributed by atoms with van der Waals surface area (Å²) >= 11 is 0. The first kappa shape index (κ1) is 27.5. The standard InChI is InChI=1S/C28H43NO6/c1-8-24-23(29-25(34-24)20-12-10-13-21(16-20)31-7)18-32-22-14-9-11-19(15-22)17-33-28(5,6)26(30)35-27(2,3)4/h10,12-13,16,19,22-24H,8-9,11,14-15,17-18H2,1-7H3/t19-,22+,23?,24?/m1/s1. The van der Waals surface area contributed by atoms with Crippen LogP contribution in [0.4, 0.5) is 0 Å². The van der Waals surface area contributed by atoms with E-state index >= 15 is 0 Å². The molecule has 0 radical (unpaired) electrons. The molecule has 7 heteroatoms. The molecule has 35 heavy (non-hydrogen) atoms. The van der Waals surface area contributed by atoms with Gasteiger partial charge in [0, 0.05) is 5.56 Å². The summed E-state index contributed by atoms with van der Waals surface area (Å²) in [6, 6.07) is 7.76. The van der Waals surface area contributed by atoms with E-state index in [9.17, 15) is 4.79 Å². The number of methoxy groups -OCH3 is 1. The Kier molecular flexibility index (Phi) is 9.22. The maximum Gasteiger partial charge on any atom is 0.338 e. The number of benzene rings is 1. The molecule has 1 aliphatic heterocycles. The van der Waals surface area contributed by atoms with Gasteiger partial charge < -0.3 is 23.7 Å². The fourth-order valence-corrected chi connectivity index (χ4v) is 4.45. The molecule has 2 unspecified atom stereocenters. The molecule has 196 valence electrons. The average Bonchev–Trinajstić information content (AvgIpc) is 3.24. The van der Waals surface area contributed by atoms with Crippen molar-refractivity contribution in [3.8, 4) is 5.75 Å². The van der Waals surface area contributed by atoms with Crippen molar-refractivity contribution in [2.45, 2.75) is 103 Å². The van der Waals surface area contributed by atoms with Crippen molar-refractivity contribution in [2.24, 2.45) is 10.9 Å². The van der Waals surface area contributed by atoms with Gasteiger partial charge in [0.05, 0.1) is 26.4 Å². The minimum Gasteiger partial charge on any atom is -0.497 e. The van der Waals surface area contributed by atoms with E-state index in [1.165, 1.54) is 0 Å². The van der Waals surface area contributed by atoms with E-state index in [1.54, 1.807) is 21.0 Å². The maximum atomic E-state index is 12.5. The highest BCUT2D eigenvalue weighted by Crippen LogP contribution is 2.30. The monoisotopic (exact) mass is 489 g/mol. The van der Waals surface area contributed by atoms with Gasteiger partial charge in [0.15, 0.2) is 5.60 Å². The summed E-state index contributed by atoms with van der Waals surface area (Å²) in [6.07, 6.45) is 5.15. The largest absolute Gasteiger partial charge is 0.497 e. The molecule has 7 nitrogen and oxygen atoms in total. The first-order valence-corrected chi connectivity index (χ1v) is 12.9. The first-order valence-electron chi connectivity index (χ1n) is 12.9. The van der Waals surface area contributed by atoms with E-state index in [4.69, 9.17) is 28.7 Å². The van der Waals surface area contributed by atoms with Crippen LogP contribution in [-0.2, 0) is 23.7 Å². The summed E-state index contributed by atoms with van der Waals surface area (Å²) in [5.74, 6) is 1.47. The van der Waals surface area contributed by atoms with Gasteiger partial charge in [-0.1, -0.05) is 19.4 Å². The highest BCUT2D eigenvalue weighted by Gasteiger charge is 2.36. The lowest BCUT2D eigenvalue weighted by Gasteiger charge is -2.33. The number of carbonyl (C=O) groups excluding carboxylic acids is 1. The molecule has 1 aliphatic carbocycles. The zero-order valence-corrected chi connectivity index (χ0v) is 22.5. The van der Waals surface area contributed by atoms with E-state index in [-0.39, 0.29) is 24.2 Å². The van der Waals surface area contributed by atoms with Crippen LogP contribution in [0.25, 0.3) is 0 Å². The summed E-state index contributed by atoms with van der Waals surface area (Å²) in [5.41, 5.74) is -0.578. The van der Waals surface area contributed by atoms with Gasteiger partial charge in [-0.15, -0.1) is 0 Å². The Morgan fingerprint density at radius 2 is 1.91 bits per heavy atom. The fraction of sp³-hybridized carbons (Fsp3) is 0.714. The van der Waals surface area contributed by atoms with Crippen LogP contribution >= 0.6 is 0 Å². The van der Waals surface area contributed by atoms with Gasteiger partial charge in [0.2, 0.25) is 5.90 Å². The molecule has 1 aromatic rings. The van der Waals surface area contributed by atoms with Gasteiger partial charge in [-0.3, -0.25) is 0 Å². The van der Waals surface area contributed by atoms with Gasteiger partial charge >= 0.3 is 5.97 Å². The molecule has 1 fully saturated rings. The quantitative estimate of drug-likeness (QED) is 0.414. The van der Waals surface area contributed by atoms with Crippen LogP contribution in [0, 0.1) is 5.92 Å². The van der Waals surface area contributed by atoms with E-state index in [2.05, 4.69) is 6.92 Å². The number of hydrogen-bond donors (Lipinski definition) is 0. The van der Waals surface area contributed by atoms with Crippen molar-refractivity contribution >= 4 is 11.9 Å². The third-order valence-corrected chi connectivity index (χ3v) is 6.50. The van der Waals surface area contributed by atoms with E-state index in [0.717, 1.165) is 43.4 Å². The molecular weight excluding hydrogens is 446 g/mol. The van der Waals surface area contributed by atoms with Gasteiger partial charge in [-0.05, 0) is 84.4 Å². The van der Waals surface area contributed by atoms with Crippen LogP contribution in [-0.4, -0.2) is 61.6 Å². The van der Waals surface area contributed by atoms with E-state index in [0.29, 0.717) is 25.0 Å². The Balaban J connectivity index is 1.51. The predicted octanol–water partition coefficient (Wildman–Crippen LogP) is 5.33. The molecule has 0 saturated heterocycles. The van der Waals surface area contributed by atoms with Gasteiger partial charge in [0.25, 0.3) is 0 Å². The molecule has 3 rings (SSSR count). The molecule has 0 aromatic heterocycles. The summed E-state index contributed by atoms with van der Waals surface area (Å²) in [6.45, 7) is 12.3. The molecule has 0 N–H and O–H groups in total. The molecule has 1 aromatic carbocycles. The molecule has 0 amide bonds. The molecule has 1 heterocycles. The van der Waals surface area contributed by atoms with Crippen molar-refractivity contribution in [2.75, 3.05) is 20.3 Å². The number of carbonyl (C=O) groups is 1. The maximum absolute atomic E-state index is 12.5. The lowest BCUT2D eigenvalue weighted by Crippen LogP contribution is -2.42. The highest BCUT2D eigenvalue weighted by atomic mass is 16.6. The zero-order chi connectivity index (χ0) is 25.6. The number of nitrogens with zero attached hydrogens (tertiary/aromatic N) is 1. The van der Waals surface area contributed by atoms with Crippen molar-refractivity contribution < 1.29 is 28.5 Å². The second kappa shape index (κ2) is 11.7. The number of aliphatic imine (C=N–C) groups is 1. The van der Waals surface area contributed by atoms with Crippen molar-refractivity contribution in [3.05, 3.63) is 29.8 Å². The molecule has 1 saturated carbocycles. The Labute approximate surface area is 210 Å². The van der Waals surface area contributed by atoms with Crippen LogP contribution in [0.15, 0.2) is 29.3 Å². The third-order valence-electron chi connectivity index (χ3n) is 6.50. The van der Waals surface area contributed by atoms with E-state index in [1.807, 2.05) is 45.0 Å². The summed E-state index contributed by atoms with van der Waals surface area (Å²) in [7, 11) is 1.66. The summed E-state index contributed by atoms with van der Waals surface area (Å²) in [4.78, 5) is 17.3. The van der Waals surface area contributed by atoms with Gasteiger partial charge in [0.1, 0.15) is 23.5 Å². The number of rotatable bonds is 10. The third kappa shape index (κ3) is 7.94. The average molecular weight is 490 g/mol. The lowest BCUT2D eigenvalue weighted by atomic mass is 9.87. The van der Waals surface area contributed by atoms with Gasteiger partial charge in [-0.2, -0.15) is 0 Å². The smallest absolute Gasteiger partial charge is 0.338 e. The molecule has 2 aliphatic rings. The molecule has 0 bridgehead atoms. The summed E-state index contributed by atoms with van der Waals surface area (Å²) < 4.78 is 29.4. The first-order chi connectivity index (χ1) is 16.5. The molecule has 4 atom stereocenters. The minimum absolute atomic E-state index is 0.00792. The number of esters is 1. The van der Waals surface area contributed by atoms with Crippen molar-refractivity contribution in [1.29, 1.82) is 0 Å². The fourth-order valence-electron chi connectivity index (χ4n) is 4.45. The van der Waals surface area contributed by atoms with Crippen LogP contribution in [0.5, 0.6) is 5.75 Å². The van der Waals surface area contributed by atoms with Crippen LogP contribution in [0.2, 0.25) is 0 Å². The van der Waals surface area contributed by atoms with E-state index < -0.39 is 11.2 Å².